The van der Waals surface area contributed by atoms with E-state index in [1.54, 1.807) is 42.7 Å². The summed E-state index contributed by atoms with van der Waals surface area (Å²) in [5.74, 6) is -0.710. The van der Waals surface area contributed by atoms with Crippen molar-refractivity contribution in [1.82, 2.24) is 18.7 Å². The van der Waals surface area contributed by atoms with Crippen LogP contribution in [0.2, 0.25) is 0 Å². The zero-order valence-electron chi connectivity index (χ0n) is 20.1. The lowest BCUT2D eigenvalue weighted by Gasteiger charge is -2.28. The number of benzene rings is 1. The van der Waals surface area contributed by atoms with Crippen molar-refractivity contribution < 1.29 is 14.2 Å². The quantitative estimate of drug-likeness (QED) is 0.383. The predicted octanol–water partition coefficient (Wildman–Crippen LogP) is 3.41. The minimum Gasteiger partial charge on any atom is -0.501 e. The van der Waals surface area contributed by atoms with Crippen LogP contribution < -0.4 is 14.8 Å². The van der Waals surface area contributed by atoms with Gasteiger partial charge < -0.3 is 19.0 Å². The first-order chi connectivity index (χ1) is 18.0. The van der Waals surface area contributed by atoms with Gasteiger partial charge in [0.2, 0.25) is 5.75 Å². The highest BCUT2D eigenvalue weighted by molar-refractivity contribution is 7.98. The lowest BCUT2D eigenvalue weighted by molar-refractivity contribution is 0.122. The Morgan fingerprint density at radius 3 is 2.76 bits per heavy atom. The van der Waals surface area contributed by atoms with Gasteiger partial charge in [-0.3, -0.25) is 9.20 Å². The first-order valence-electron chi connectivity index (χ1n) is 11.9. The number of likely N-dealkylation sites (N-methyl/N-ethyl adjacent to an activating group) is 1. The van der Waals surface area contributed by atoms with Crippen LogP contribution in [0.4, 0.5) is 15.8 Å². The van der Waals surface area contributed by atoms with Gasteiger partial charge in [-0.15, -0.1) is 11.3 Å². The number of aromatic nitrogens is 3. The molecule has 2 saturated heterocycles. The van der Waals surface area contributed by atoms with Crippen LogP contribution in [0.1, 0.15) is 10.4 Å². The standard InChI is InChI=1S/C25H25FN6O3S2/c1-29-6-7-32(37-29)20-13-17(26)3-2-16(20)12-19-14-27-24(36-19)22-23(33)25(34)31-15-18(4-5-21(31)28-22)30-8-10-35-11-9-30/h2-5,13-15,33H,6-12H2,1H3. The van der Waals surface area contributed by atoms with Crippen LogP contribution in [0.15, 0.2) is 47.5 Å². The molecule has 2 aliphatic heterocycles. The van der Waals surface area contributed by atoms with Crippen LogP contribution in [-0.2, 0) is 11.2 Å². The monoisotopic (exact) mass is 540 g/mol. The number of ether oxygens (including phenoxy) is 1. The van der Waals surface area contributed by atoms with Crippen molar-refractivity contribution in [2.45, 2.75) is 6.42 Å². The summed E-state index contributed by atoms with van der Waals surface area (Å²) in [7, 11) is 2.01. The minimum absolute atomic E-state index is 0.163. The number of anilines is 2. The summed E-state index contributed by atoms with van der Waals surface area (Å²) in [6.45, 7) is 4.44. The largest absolute Gasteiger partial charge is 0.501 e. The normalized spacial score (nSPS) is 16.7. The Morgan fingerprint density at radius 1 is 1.14 bits per heavy atom. The van der Waals surface area contributed by atoms with E-state index in [1.807, 2.05) is 13.1 Å². The average molecular weight is 541 g/mol. The topological polar surface area (TPSA) is 86.4 Å². The van der Waals surface area contributed by atoms with Crippen LogP contribution in [0.25, 0.3) is 16.3 Å². The van der Waals surface area contributed by atoms with Crippen molar-refractivity contribution in [3.8, 4) is 16.5 Å². The molecule has 5 heterocycles. The molecule has 2 aliphatic rings. The van der Waals surface area contributed by atoms with E-state index in [-0.39, 0.29) is 11.5 Å². The van der Waals surface area contributed by atoms with Gasteiger partial charge in [0.15, 0.2) is 0 Å². The second-order valence-corrected chi connectivity index (χ2v) is 11.3. The molecule has 12 heteroatoms. The Bertz CT molecular complexity index is 1520. The van der Waals surface area contributed by atoms with E-state index in [0.717, 1.165) is 48.0 Å². The van der Waals surface area contributed by atoms with Crippen molar-refractivity contribution in [2.75, 3.05) is 55.6 Å². The maximum atomic E-state index is 14.1. The zero-order chi connectivity index (χ0) is 25.5. The van der Waals surface area contributed by atoms with E-state index in [4.69, 9.17) is 4.74 Å². The van der Waals surface area contributed by atoms with Gasteiger partial charge in [0, 0.05) is 62.0 Å². The number of halogens is 1. The SMILES string of the molecule is CN1CCN(c2cc(F)ccc2Cc2cnc(-c3nc4ccc(N5CCOCC5)cn4c(=O)c3O)s2)S1. The van der Waals surface area contributed by atoms with Crippen LogP contribution in [0, 0.1) is 5.82 Å². The van der Waals surface area contributed by atoms with Crippen molar-refractivity contribution in [1.29, 1.82) is 0 Å². The Kier molecular flexibility index (Phi) is 6.49. The van der Waals surface area contributed by atoms with Crippen LogP contribution in [0.5, 0.6) is 5.75 Å². The molecule has 1 aromatic carbocycles. The second-order valence-electron chi connectivity index (χ2n) is 8.95. The molecule has 37 heavy (non-hydrogen) atoms. The molecule has 0 unspecified atom stereocenters. The Morgan fingerprint density at radius 2 is 1.97 bits per heavy atom. The lowest BCUT2D eigenvalue weighted by Crippen LogP contribution is -2.36. The molecule has 9 nitrogen and oxygen atoms in total. The van der Waals surface area contributed by atoms with Crippen molar-refractivity contribution in [3.05, 3.63) is 69.3 Å². The van der Waals surface area contributed by atoms with Gasteiger partial charge in [0.05, 0.1) is 24.6 Å². The number of thiazole rings is 1. The fourth-order valence-corrected chi connectivity index (χ4v) is 6.37. The molecule has 0 atom stereocenters. The second kappa shape index (κ2) is 9.93. The van der Waals surface area contributed by atoms with E-state index in [9.17, 15) is 14.3 Å². The number of hydrogen-bond donors (Lipinski definition) is 1. The molecule has 0 spiro atoms. The third-order valence-corrected chi connectivity index (χ3v) is 8.49. The fraction of sp³-hybridized carbons (Fsp3) is 0.320. The molecule has 0 bridgehead atoms. The first-order valence-corrected chi connectivity index (χ1v) is 13.5. The summed E-state index contributed by atoms with van der Waals surface area (Å²) in [5.41, 5.74) is 2.75. The number of rotatable bonds is 5. The number of morpholine rings is 1. The highest BCUT2D eigenvalue weighted by Gasteiger charge is 2.23. The minimum atomic E-state index is -0.539. The molecular weight excluding hydrogens is 515 g/mol. The predicted molar refractivity (Wildman–Crippen MR) is 144 cm³/mol. The summed E-state index contributed by atoms with van der Waals surface area (Å²) in [4.78, 5) is 25.1. The molecule has 0 saturated carbocycles. The molecule has 2 fully saturated rings. The Hall–Kier alpha value is -3.19. The summed E-state index contributed by atoms with van der Waals surface area (Å²) in [5, 5.41) is 11.2. The third kappa shape index (κ3) is 4.77. The molecule has 0 aliphatic carbocycles. The molecule has 4 aromatic rings. The number of fused-ring (bicyclic) bond motifs is 1. The lowest BCUT2D eigenvalue weighted by atomic mass is 10.1. The maximum absolute atomic E-state index is 14.1. The van der Waals surface area contributed by atoms with E-state index >= 15 is 0 Å². The molecule has 192 valence electrons. The summed E-state index contributed by atoms with van der Waals surface area (Å²) < 4.78 is 25.0. The highest BCUT2D eigenvalue weighted by Crippen LogP contribution is 2.35. The Balaban J connectivity index is 1.30. The Labute approximate surface area is 221 Å². The van der Waals surface area contributed by atoms with Gasteiger partial charge in [-0.25, -0.2) is 18.7 Å². The molecule has 6 rings (SSSR count). The third-order valence-electron chi connectivity index (χ3n) is 6.45. The van der Waals surface area contributed by atoms with Crippen molar-refractivity contribution in [2.24, 2.45) is 0 Å². The fourth-order valence-electron chi connectivity index (χ4n) is 4.53. The van der Waals surface area contributed by atoms with Gasteiger partial charge in [-0.05, 0) is 36.9 Å². The molecular formula is C25H25FN6O3S2. The highest BCUT2D eigenvalue weighted by atomic mass is 32.2. The van der Waals surface area contributed by atoms with Crippen molar-refractivity contribution in [3.63, 3.8) is 0 Å². The molecule has 1 N–H and O–H groups in total. The molecule has 0 amide bonds. The van der Waals surface area contributed by atoms with Crippen molar-refractivity contribution >= 4 is 40.5 Å². The van der Waals surface area contributed by atoms with Crippen LogP contribution in [-0.4, -0.2) is 70.2 Å². The van der Waals surface area contributed by atoms with Gasteiger partial charge >= 0.3 is 5.56 Å². The van der Waals surface area contributed by atoms with Gasteiger partial charge in [-0.1, -0.05) is 6.07 Å². The van der Waals surface area contributed by atoms with Crippen LogP contribution in [0.3, 0.4) is 0 Å². The zero-order valence-corrected chi connectivity index (χ0v) is 21.8. The number of nitrogens with zero attached hydrogens (tertiary/aromatic N) is 6. The van der Waals surface area contributed by atoms with Gasteiger partial charge in [0.25, 0.3) is 0 Å². The van der Waals surface area contributed by atoms with E-state index in [1.165, 1.54) is 21.8 Å². The number of pyridine rings is 1. The van der Waals surface area contributed by atoms with Gasteiger partial charge in [-0.2, -0.15) is 0 Å². The van der Waals surface area contributed by atoms with E-state index in [2.05, 4.69) is 23.5 Å². The summed E-state index contributed by atoms with van der Waals surface area (Å²) >= 11 is 2.93. The smallest absolute Gasteiger partial charge is 0.300 e. The summed E-state index contributed by atoms with van der Waals surface area (Å²) in [6.07, 6.45) is 3.97. The van der Waals surface area contributed by atoms with E-state index in [0.29, 0.717) is 30.3 Å². The van der Waals surface area contributed by atoms with Crippen LogP contribution >= 0.6 is 23.5 Å². The molecule has 0 radical (unpaired) electrons. The number of hydrogen-bond acceptors (Lipinski definition) is 10. The first kappa shape index (κ1) is 24.2. The summed E-state index contributed by atoms with van der Waals surface area (Å²) in [6, 6.07) is 8.53. The average Bonchev–Trinajstić information content (AvgIpc) is 3.56. The maximum Gasteiger partial charge on any atom is 0.300 e. The number of aromatic hydroxyl groups is 1. The van der Waals surface area contributed by atoms with Gasteiger partial charge in [0.1, 0.15) is 22.2 Å². The van der Waals surface area contributed by atoms with E-state index < -0.39 is 11.3 Å². The molecule has 3 aromatic heterocycles.